The standard InChI is InChI=1S/C22H17F3N2O5/c23-22(24,25)13-1-5-15(6-2-13)32-16-7-3-14(4-8-16)27-20(29)18-19(28)17(9-10-26-18)21-30-11-12-31-21/h1-10,21,28H,11-12H2,(H,27,29). The van der Waals surface area contributed by atoms with E-state index in [1.807, 2.05) is 0 Å². The Kier molecular flexibility index (Phi) is 5.97. The van der Waals surface area contributed by atoms with Crippen LogP contribution < -0.4 is 10.1 Å². The van der Waals surface area contributed by atoms with E-state index in [1.54, 1.807) is 12.1 Å². The Bertz CT molecular complexity index is 1100. The van der Waals surface area contributed by atoms with Gasteiger partial charge in [-0.2, -0.15) is 13.2 Å². The van der Waals surface area contributed by atoms with Crippen LogP contribution >= 0.6 is 0 Å². The predicted octanol–water partition coefficient (Wildman–Crippen LogP) is 4.90. The van der Waals surface area contributed by atoms with Gasteiger partial charge in [-0.05, 0) is 54.6 Å². The highest BCUT2D eigenvalue weighted by molar-refractivity contribution is 6.04. The van der Waals surface area contributed by atoms with Gasteiger partial charge in [0.1, 0.15) is 11.5 Å². The monoisotopic (exact) mass is 446 g/mol. The van der Waals surface area contributed by atoms with Crippen molar-refractivity contribution < 1.29 is 37.3 Å². The molecule has 1 aliphatic heterocycles. The summed E-state index contributed by atoms with van der Waals surface area (Å²) in [6.45, 7) is 0.768. The number of aromatic nitrogens is 1. The summed E-state index contributed by atoms with van der Waals surface area (Å²) >= 11 is 0. The molecule has 166 valence electrons. The molecule has 2 N–H and O–H groups in total. The molecule has 1 fully saturated rings. The summed E-state index contributed by atoms with van der Waals surface area (Å²) in [5, 5.41) is 13.0. The summed E-state index contributed by atoms with van der Waals surface area (Å²) in [6, 6.07) is 12.0. The van der Waals surface area contributed by atoms with Gasteiger partial charge < -0.3 is 24.6 Å². The Balaban J connectivity index is 1.42. The van der Waals surface area contributed by atoms with Crippen molar-refractivity contribution in [3.63, 3.8) is 0 Å². The lowest BCUT2D eigenvalue weighted by molar-refractivity contribution is -0.137. The smallest absolute Gasteiger partial charge is 0.416 e. The minimum atomic E-state index is -4.42. The highest BCUT2D eigenvalue weighted by Gasteiger charge is 2.30. The Hall–Kier alpha value is -3.63. The first kappa shape index (κ1) is 21.6. The first-order valence-electron chi connectivity index (χ1n) is 9.49. The fourth-order valence-electron chi connectivity index (χ4n) is 3.01. The van der Waals surface area contributed by atoms with Crippen LogP contribution in [0.15, 0.2) is 60.8 Å². The van der Waals surface area contributed by atoms with E-state index in [0.29, 0.717) is 30.2 Å². The number of rotatable bonds is 5. The molecule has 0 unspecified atom stereocenters. The molecule has 1 aliphatic rings. The summed E-state index contributed by atoms with van der Waals surface area (Å²) in [4.78, 5) is 16.5. The van der Waals surface area contributed by atoms with E-state index in [0.717, 1.165) is 12.1 Å². The molecule has 2 aromatic carbocycles. The van der Waals surface area contributed by atoms with E-state index in [4.69, 9.17) is 14.2 Å². The van der Waals surface area contributed by atoms with Crippen molar-refractivity contribution in [1.82, 2.24) is 4.98 Å². The maximum Gasteiger partial charge on any atom is 0.416 e. The summed E-state index contributed by atoms with van der Waals surface area (Å²) < 4.78 is 54.1. The highest BCUT2D eigenvalue weighted by Crippen LogP contribution is 2.33. The molecule has 32 heavy (non-hydrogen) atoms. The number of pyridine rings is 1. The number of alkyl halides is 3. The van der Waals surface area contributed by atoms with E-state index in [1.165, 1.54) is 36.5 Å². The van der Waals surface area contributed by atoms with Gasteiger partial charge in [-0.3, -0.25) is 4.79 Å². The zero-order valence-corrected chi connectivity index (χ0v) is 16.4. The van der Waals surface area contributed by atoms with Crippen molar-refractivity contribution >= 4 is 11.6 Å². The zero-order chi connectivity index (χ0) is 22.7. The lowest BCUT2D eigenvalue weighted by Crippen LogP contribution is -2.15. The van der Waals surface area contributed by atoms with Crippen LogP contribution in [-0.4, -0.2) is 29.2 Å². The summed E-state index contributed by atoms with van der Waals surface area (Å²) in [7, 11) is 0. The molecule has 2 heterocycles. The van der Waals surface area contributed by atoms with Gasteiger partial charge in [0.15, 0.2) is 17.7 Å². The number of amides is 1. The fourth-order valence-corrected chi connectivity index (χ4v) is 3.01. The number of carbonyl (C=O) groups is 1. The third-order valence-electron chi connectivity index (χ3n) is 4.58. The third-order valence-corrected chi connectivity index (χ3v) is 4.58. The summed E-state index contributed by atoms with van der Waals surface area (Å²) in [6.07, 6.45) is -3.81. The average molecular weight is 446 g/mol. The van der Waals surface area contributed by atoms with Gasteiger partial charge in [-0.1, -0.05) is 0 Å². The predicted molar refractivity (Wildman–Crippen MR) is 106 cm³/mol. The molecule has 4 rings (SSSR count). The van der Waals surface area contributed by atoms with E-state index < -0.39 is 23.9 Å². The maximum atomic E-state index is 12.6. The van der Waals surface area contributed by atoms with Gasteiger partial charge in [0.05, 0.1) is 24.3 Å². The Morgan fingerprint density at radius 3 is 2.19 bits per heavy atom. The van der Waals surface area contributed by atoms with E-state index in [-0.39, 0.29) is 17.2 Å². The van der Waals surface area contributed by atoms with Crippen molar-refractivity contribution in [2.45, 2.75) is 12.5 Å². The molecule has 0 bridgehead atoms. The number of ether oxygens (including phenoxy) is 3. The van der Waals surface area contributed by atoms with Crippen molar-refractivity contribution in [2.75, 3.05) is 18.5 Å². The number of benzene rings is 2. The van der Waals surface area contributed by atoms with Crippen LogP contribution in [0.25, 0.3) is 0 Å². The van der Waals surface area contributed by atoms with Crippen LogP contribution in [0.2, 0.25) is 0 Å². The maximum absolute atomic E-state index is 12.6. The molecular formula is C22H17F3N2O5. The lowest BCUT2D eigenvalue weighted by Gasteiger charge is -2.13. The molecule has 7 nitrogen and oxygen atoms in total. The molecule has 1 saturated heterocycles. The van der Waals surface area contributed by atoms with Gasteiger partial charge in [0.25, 0.3) is 5.91 Å². The number of anilines is 1. The second kappa shape index (κ2) is 8.85. The van der Waals surface area contributed by atoms with Crippen molar-refractivity contribution in [1.29, 1.82) is 0 Å². The molecule has 1 amide bonds. The fraction of sp³-hybridized carbons (Fsp3) is 0.182. The van der Waals surface area contributed by atoms with Gasteiger partial charge in [-0.25, -0.2) is 4.98 Å². The largest absolute Gasteiger partial charge is 0.505 e. The summed E-state index contributed by atoms with van der Waals surface area (Å²) in [5.41, 5.74) is -0.251. The number of halogens is 3. The molecule has 10 heteroatoms. The second-order valence-corrected chi connectivity index (χ2v) is 6.77. The SMILES string of the molecule is O=C(Nc1ccc(Oc2ccc(C(F)(F)F)cc2)cc1)c1nccc(C2OCCO2)c1O. The van der Waals surface area contributed by atoms with Gasteiger partial charge in [-0.15, -0.1) is 0 Å². The van der Waals surface area contributed by atoms with Crippen molar-refractivity contribution in [3.05, 3.63) is 77.6 Å². The molecule has 0 atom stereocenters. The first-order valence-corrected chi connectivity index (χ1v) is 9.49. The molecule has 0 saturated carbocycles. The minimum Gasteiger partial charge on any atom is -0.505 e. The zero-order valence-electron chi connectivity index (χ0n) is 16.4. The number of nitrogens with one attached hydrogen (secondary N) is 1. The van der Waals surface area contributed by atoms with Crippen molar-refractivity contribution in [3.8, 4) is 17.2 Å². The Morgan fingerprint density at radius 1 is 1.00 bits per heavy atom. The van der Waals surface area contributed by atoms with Gasteiger partial charge in [0.2, 0.25) is 0 Å². The lowest BCUT2D eigenvalue weighted by atomic mass is 10.1. The number of hydrogen-bond donors (Lipinski definition) is 2. The number of carbonyl (C=O) groups excluding carboxylic acids is 1. The van der Waals surface area contributed by atoms with Crippen LogP contribution in [0.5, 0.6) is 17.2 Å². The summed E-state index contributed by atoms with van der Waals surface area (Å²) in [5.74, 6) is -0.378. The van der Waals surface area contributed by atoms with Gasteiger partial charge in [0, 0.05) is 11.9 Å². The van der Waals surface area contributed by atoms with Crippen LogP contribution in [-0.2, 0) is 15.7 Å². The second-order valence-electron chi connectivity index (χ2n) is 6.77. The normalized spacial score (nSPS) is 14.3. The molecule has 1 aromatic heterocycles. The van der Waals surface area contributed by atoms with Crippen LogP contribution in [0.4, 0.5) is 18.9 Å². The average Bonchev–Trinajstić information content (AvgIpc) is 3.30. The molecule has 0 aliphatic carbocycles. The Morgan fingerprint density at radius 2 is 1.59 bits per heavy atom. The molecule has 3 aromatic rings. The van der Waals surface area contributed by atoms with E-state index >= 15 is 0 Å². The van der Waals surface area contributed by atoms with E-state index in [9.17, 15) is 23.1 Å². The highest BCUT2D eigenvalue weighted by atomic mass is 19.4. The number of nitrogens with zero attached hydrogens (tertiary/aromatic N) is 1. The number of hydrogen-bond acceptors (Lipinski definition) is 6. The first-order chi connectivity index (χ1) is 15.3. The van der Waals surface area contributed by atoms with Crippen LogP contribution in [0.1, 0.15) is 27.9 Å². The minimum absolute atomic E-state index is 0.188. The van der Waals surface area contributed by atoms with Crippen LogP contribution in [0, 0.1) is 0 Å². The molecule has 0 radical (unpaired) electrons. The number of aromatic hydroxyl groups is 1. The Labute approximate surface area is 180 Å². The van der Waals surface area contributed by atoms with Crippen LogP contribution in [0.3, 0.4) is 0 Å². The topological polar surface area (TPSA) is 89.9 Å². The molecule has 0 spiro atoms. The van der Waals surface area contributed by atoms with E-state index in [2.05, 4.69) is 10.3 Å². The molecular weight excluding hydrogens is 429 g/mol. The quantitative estimate of drug-likeness (QED) is 0.580. The third kappa shape index (κ3) is 4.82. The van der Waals surface area contributed by atoms with Gasteiger partial charge >= 0.3 is 6.18 Å². The van der Waals surface area contributed by atoms with Crippen molar-refractivity contribution in [2.24, 2.45) is 0 Å².